The summed E-state index contributed by atoms with van der Waals surface area (Å²) in [4.78, 5) is 0. The molecule has 16 heavy (non-hydrogen) atoms. The maximum atomic E-state index is 13.1. The zero-order valence-electron chi connectivity index (χ0n) is 8.49. The summed E-state index contributed by atoms with van der Waals surface area (Å²) in [5.74, 6) is 0.445. The Balaban J connectivity index is 2.17. The minimum absolute atomic E-state index is 0.256. The largest absolute Gasteiger partial charge is 0.468 e. The topological polar surface area (TPSA) is 39.2 Å². The van der Waals surface area contributed by atoms with Gasteiger partial charge in [0.05, 0.1) is 12.3 Å². The molecule has 0 saturated carbocycles. The van der Waals surface area contributed by atoms with Crippen molar-refractivity contribution in [3.8, 4) is 0 Å². The van der Waals surface area contributed by atoms with Crippen molar-refractivity contribution in [2.24, 2.45) is 5.73 Å². The molecule has 1 aromatic carbocycles. The monoisotopic (exact) mass is 283 g/mol. The molecule has 0 saturated heterocycles. The fourth-order valence-electron chi connectivity index (χ4n) is 1.54. The second-order valence-electron chi connectivity index (χ2n) is 3.56. The lowest BCUT2D eigenvalue weighted by Crippen LogP contribution is -2.12. The Morgan fingerprint density at radius 1 is 1.38 bits per heavy atom. The predicted molar refractivity (Wildman–Crippen MR) is 63.4 cm³/mol. The number of halogens is 2. The van der Waals surface area contributed by atoms with Gasteiger partial charge in [0, 0.05) is 4.47 Å². The van der Waals surface area contributed by atoms with E-state index in [1.165, 1.54) is 12.1 Å². The highest BCUT2D eigenvalue weighted by molar-refractivity contribution is 9.10. The van der Waals surface area contributed by atoms with Crippen molar-refractivity contribution in [1.29, 1.82) is 0 Å². The van der Waals surface area contributed by atoms with E-state index in [-0.39, 0.29) is 11.9 Å². The molecule has 0 spiro atoms. The van der Waals surface area contributed by atoms with E-state index in [4.69, 9.17) is 10.2 Å². The summed E-state index contributed by atoms with van der Waals surface area (Å²) in [6, 6.07) is 7.92. The van der Waals surface area contributed by atoms with Crippen molar-refractivity contribution < 1.29 is 8.81 Å². The Morgan fingerprint density at radius 2 is 2.19 bits per heavy atom. The summed E-state index contributed by atoms with van der Waals surface area (Å²) in [7, 11) is 0. The molecule has 2 N–H and O–H groups in total. The van der Waals surface area contributed by atoms with Gasteiger partial charge in [0.1, 0.15) is 11.6 Å². The van der Waals surface area contributed by atoms with Crippen molar-refractivity contribution >= 4 is 15.9 Å². The van der Waals surface area contributed by atoms with Gasteiger partial charge in [-0.3, -0.25) is 0 Å². The average molecular weight is 284 g/mol. The van der Waals surface area contributed by atoms with E-state index in [1.807, 2.05) is 6.07 Å². The van der Waals surface area contributed by atoms with Gasteiger partial charge in [-0.2, -0.15) is 0 Å². The van der Waals surface area contributed by atoms with E-state index in [0.717, 1.165) is 10.0 Å². The van der Waals surface area contributed by atoms with Crippen LogP contribution in [-0.4, -0.2) is 0 Å². The second-order valence-corrected chi connectivity index (χ2v) is 4.42. The van der Waals surface area contributed by atoms with Gasteiger partial charge < -0.3 is 10.2 Å². The van der Waals surface area contributed by atoms with Gasteiger partial charge in [0.25, 0.3) is 0 Å². The number of benzene rings is 1. The molecule has 4 heteroatoms. The molecule has 1 atom stereocenters. The van der Waals surface area contributed by atoms with Crippen LogP contribution in [0.3, 0.4) is 0 Å². The SMILES string of the molecule is NC(Cc1cc(F)ccc1Br)c1ccco1. The minimum atomic E-state index is -0.259. The van der Waals surface area contributed by atoms with Crippen LogP contribution in [-0.2, 0) is 6.42 Å². The van der Waals surface area contributed by atoms with Gasteiger partial charge in [-0.1, -0.05) is 15.9 Å². The van der Waals surface area contributed by atoms with Crippen LogP contribution in [0, 0.1) is 5.82 Å². The number of nitrogens with two attached hydrogens (primary N) is 1. The molecule has 0 aliphatic rings. The first-order chi connectivity index (χ1) is 7.66. The Labute approximate surface area is 101 Å². The summed E-state index contributed by atoms with van der Waals surface area (Å²) < 4.78 is 19.1. The summed E-state index contributed by atoms with van der Waals surface area (Å²) in [6.07, 6.45) is 2.11. The first kappa shape index (κ1) is 11.4. The molecule has 1 aromatic heterocycles. The van der Waals surface area contributed by atoms with Gasteiger partial charge in [0.15, 0.2) is 0 Å². The van der Waals surface area contributed by atoms with Crippen LogP contribution >= 0.6 is 15.9 Å². The highest BCUT2D eigenvalue weighted by Gasteiger charge is 2.12. The standard InChI is InChI=1S/C12H11BrFNO/c13-10-4-3-9(14)6-8(10)7-11(15)12-2-1-5-16-12/h1-6,11H,7,15H2. The Morgan fingerprint density at radius 3 is 2.88 bits per heavy atom. The smallest absolute Gasteiger partial charge is 0.123 e. The first-order valence-corrected chi connectivity index (χ1v) is 5.69. The van der Waals surface area contributed by atoms with E-state index < -0.39 is 0 Å². The van der Waals surface area contributed by atoms with Crippen molar-refractivity contribution in [3.63, 3.8) is 0 Å². The molecule has 84 valence electrons. The molecule has 2 nitrogen and oxygen atoms in total. The Hall–Kier alpha value is -1.13. The van der Waals surface area contributed by atoms with E-state index in [2.05, 4.69) is 15.9 Å². The summed E-state index contributed by atoms with van der Waals surface area (Å²) in [5.41, 5.74) is 6.79. The third kappa shape index (κ3) is 2.51. The maximum Gasteiger partial charge on any atom is 0.123 e. The van der Waals surface area contributed by atoms with Crippen LogP contribution in [0.2, 0.25) is 0 Å². The van der Waals surface area contributed by atoms with Gasteiger partial charge in [-0.05, 0) is 42.3 Å². The lowest BCUT2D eigenvalue weighted by Gasteiger charge is -2.10. The van der Waals surface area contributed by atoms with Gasteiger partial charge >= 0.3 is 0 Å². The molecule has 0 aliphatic carbocycles. The highest BCUT2D eigenvalue weighted by Crippen LogP contribution is 2.23. The van der Waals surface area contributed by atoms with Crippen LogP contribution in [0.15, 0.2) is 45.5 Å². The molecule has 0 radical (unpaired) electrons. The summed E-state index contributed by atoms with van der Waals surface area (Å²) in [5, 5.41) is 0. The van der Waals surface area contributed by atoms with Gasteiger partial charge in [-0.15, -0.1) is 0 Å². The molecule has 1 heterocycles. The van der Waals surface area contributed by atoms with E-state index in [1.54, 1.807) is 18.4 Å². The Kier molecular flexibility index (Phi) is 3.41. The lowest BCUT2D eigenvalue weighted by atomic mass is 10.0. The lowest BCUT2D eigenvalue weighted by molar-refractivity contribution is 0.464. The molecule has 0 bridgehead atoms. The van der Waals surface area contributed by atoms with Crippen molar-refractivity contribution in [1.82, 2.24) is 0 Å². The van der Waals surface area contributed by atoms with Crippen LogP contribution in [0.25, 0.3) is 0 Å². The molecular formula is C12H11BrFNO. The molecule has 0 amide bonds. The van der Waals surface area contributed by atoms with Crippen molar-refractivity contribution in [2.75, 3.05) is 0 Å². The fraction of sp³-hybridized carbons (Fsp3) is 0.167. The van der Waals surface area contributed by atoms with Crippen LogP contribution in [0.4, 0.5) is 4.39 Å². The van der Waals surface area contributed by atoms with Crippen LogP contribution < -0.4 is 5.73 Å². The zero-order chi connectivity index (χ0) is 11.5. The van der Waals surface area contributed by atoms with Crippen molar-refractivity contribution in [2.45, 2.75) is 12.5 Å². The number of hydrogen-bond donors (Lipinski definition) is 1. The number of furan rings is 1. The normalized spacial score (nSPS) is 12.7. The van der Waals surface area contributed by atoms with E-state index in [0.29, 0.717) is 12.2 Å². The third-order valence-electron chi connectivity index (χ3n) is 2.36. The second kappa shape index (κ2) is 4.80. The molecule has 2 rings (SSSR count). The molecule has 0 fully saturated rings. The molecular weight excluding hydrogens is 273 g/mol. The predicted octanol–water partition coefficient (Wildman–Crippen LogP) is 3.42. The summed E-state index contributed by atoms with van der Waals surface area (Å²) >= 11 is 3.37. The number of hydrogen-bond acceptors (Lipinski definition) is 2. The first-order valence-electron chi connectivity index (χ1n) is 4.89. The minimum Gasteiger partial charge on any atom is -0.468 e. The van der Waals surface area contributed by atoms with Crippen LogP contribution in [0.5, 0.6) is 0 Å². The molecule has 0 aliphatic heterocycles. The number of rotatable bonds is 3. The zero-order valence-corrected chi connectivity index (χ0v) is 10.1. The third-order valence-corrected chi connectivity index (χ3v) is 3.13. The average Bonchev–Trinajstić information content (AvgIpc) is 2.76. The van der Waals surface area contributed by atoms with Crippen molar-refractivity contribution in [3.05, 3.63) is 58.2 Å². The Bertz CT molecular complexity index is 470. The molecule has 1 unspecified atom stereocenters. The van der Waals surface area contributed by atoms with E-state index >= 15 is 0 Å². The fourth-order valence-corrected chi connectivity index (χ4v) is 1.95. The summed E-state index contributed by atoms with van der Waals surface area (Å²) in [6.45, 7) is 0. The van der Waals surface area contributed by atoms with Gasteiger partial charge in [-0.25, -0.2) is 4.39 Å². The maximum absolute atomic E-state index is 13.1. The van der Waals surface area contributed by atoms with Gasteiger partial charge in [0.2, 0.25) is 0 Å². The highest BCUT2D eigenvalue weighted by atomic mass is 79.9. The molecule has 2 aromatic rings. The van der Waals surface area contributed by atoms with Crippen LogP contribution in [0.1, 0.15) is 17.4 Å². The van der Waals surface area contributed by atoms with E-state index in [9.17, 15) is 4.39 Å². The quantitative estimate of drug-likeness (QED) is 0.938.